The zero-order chi connectivity index (χ0) is 23.5. The van der Waals surface area contributed by atoms with Crippen LogP contribution in [-0.2, 0) is 10.2 Å². The van der Waals surface area contributed by atoms with E-state index in [1.165, 1.54) is 12.1 Å². The van der Waals surface area contributed by atoms with Gasteiger partial charge in [-0.15, -0.1) is 0 Å². The zero-order valence-corrected chi connectivity index (χ0v) is 20.2. The van der Waals surface area contributed by atoms with E-state index in [1.54, 1.807) is 24.3 Å². The van der Waals surface area contributed by atoms with E-state index < -0.39 is 10.3 Å². The van der Waals surface area contributed by atoms with Crippen molar-refractivity contribution in [2.45, 2.75) is 25.2 Å². The van der Waals surface area contributed by atoms with E-state index in [0.717, 1.165) is 11.1 Å². The van der Waals surface area contributed by atoms with Crippen molar-refractivity contribution >= 4 is 49.1 Å². The molecule has 3 N–H and O–H groups in total. The van der Waals surface area contributed by atoms with E-state index in [1.807, 2.05) is 31.2 Å². The molecular formula is C23H20Br2N2O5. The van der Waals surface area contributed by atoms with Crippen LogP contribution in [-0.4, -0.2) is 21.0 Å². The number of carbonyl (C=O) groups excluding carboxylic acids is 1. The lowest BCUT2D eigenvalue weighted by molar-refractivity contribution is -0.385. The first-order valence-electron chi connectivity index (χ1n) is 9.62. The minimum Gasteiger partial charge on any atom is -0.508 e. The average molecular weight is 564 g/mol. The molecule has 166 valence electrons. The molecule has 3 aromatic carbocycles. The number of hydrogen-bond donors (Lipinski definition) is 3. The molecule has 32 heavy (non-hydrogen) atoms. The van der Waals surface area contributed by atoms with Gasteiger partial charge in [-0.1, -0.05) is 31.2 Å². The topological polar surface area (TPSA) is 113 Å². The van der Waals surface area contributed by atoms with Crippen molar-refractivity contribution in [2.75, 3.05) is 5.32 Å². The molecule has 0 aliphatic carbocycles. The third-order valence-electron chi connectivity index (χ3n) is 5.36. The van der Waals surface area contributed by atoms with Gasteiger partial charge in [-0.3, -0.25) is 14.9 Å². The third kappa shape index (κ3) is 5.28. The summed E-state index contributed by atoms with van der Waals surface area (Å²) >= 11 is 6.55. The Labute approximate surface area is 201 Å². The summed E-state index contributed by atoms with van der Waals surface area (Å²) in [5.74, 6) is 0.0314. The number of hydrogen-bond acceptors (Lipinski definition) is 5. The van der Waals surface area contributed by atoms with E-state index in [0.29, 0.717) is 21.1 Å². The van der Waals surface area contributed by atoms with Crippen LogP contribution in [0.25, 0.3) is 0 Å². The quantitative estimate of drug-likeness (QED) is 0.232. The minimum absolute atomic E-state index is 0.103. The standard InChI is InChI=1S/C23H20Br2N2O5/c1-23(14-2-6-17(28)7-3-14,15-4-8-18(29)9-5-15)11-10-21(30)26-22-19(24)12-16(27(31)32)13-20(22)25/h2-9,12-13,28-29H,10-11H2,1H3,(H,26,30). The molecule has 1 amide bonds. The zero-order valence-electron chi connectivity index (χ0n) is 17.0. The lowest BCUT2D eigenvalue weighted by atomic mass is 9.73. The second-order valence-corrected chi connectivity index (χ2v) is 9.22. The molecule has 3 rings (SSSR count). The molecule has 0 aromatic heterocycles. The largest absolute Gasteiger partial charge is 0.508 e. The smallest absolute Gasteiger partial charge is 0.271 e. The Morgan fingerprint density at radius 3 is 1.81 bits per heavy atom. The number of phenolic OH excluding ortho intramolecular Hbond substituents is 2. The summed E-state index contributed by atoms with van der Waals surface area (Å²) in [6.07, 6.45) is 0.602. The van der Waals surface area contributed by atoms with E-state index in [9.17, 15) is 25.1 Å². The molecule has 0 unspecified atom stereocenters. The molecular weight excluding hydrogens is 544 g/mol. The highest BCUT2D eigenvalue weighted by Gasteiger charge is 2.30. The monoisotopic (exact) mass is 562 g/mol. The van der Waals surface area contributed by atoms with Crippen molar-refractivity contribution in [1.29, 1.82) is 0 Å². The van der Waals surface area contributed by atoms with Gasteiger partial charge in [0.25, 0.3) is 5.69 Å². The summed E-state index contributed by atoms with van der Waals surface area (Å²) in [4.78, 5) is 23.3. The Bertz CT molecular complexity index is 1080. The maximum atomic E-state index is 12.8. The molecule has 0 radical (unpaired) electrons. The first kappa shape index (κ1) is 23.7. The highest BCUT2D eigenvalue weighted by molar-refractivity contribution is 9.11. The fourth-order valence-corrected chi connectivity index (χ4v) is 4.82. The van der Waals surface area contributed by atoms with Gasteiger partial charge in [-0.05, 0) is 73.7 Å². The molecule has 0 aliphatic rings. The number of aromatic hydroxyl groups is 2. The number of halogens is 2. The molecule has 7 nitrogen and oxygen atoms in total. The van der Waals surface area contributed by atoms with Gasteiger partial charge in [0.05, 0.1) is 10.6 Å². The summed E-state index contributed by atoms with van der Waals surface area (Å²) in [6, 6.07) is 16.3. The third-order valence-corrected chi connectivity index (χ3v) is 6.61. The highest BCUT2D eigenvalue weighted by atomic mass is 79.9. The molecule has 3 aromatic rings. The first-order valence-corrected chi connectivity index (χ1v) is 11.2. The molecule has 0 bridgehead atoms. The van der Waals surface area contributed by atoms with Crippen LogP contribution in [0.2, 0.25) is 0 Å². The van der Waals surface area contributed by atoms with Gasteiger partial charge in [0, 0.05) is 32.9 Å². The Balaban J connectivity index is 1.84. The lowest BCUT2D eigenvalue weighted by Gasteiger charge is -2.31. The van der Waals surface area contributed by atoms with Gasteiger partial charge in [-0.25, -0.2) is 0 Å². The van der Waals surface area contributed by atoms with Crippen LogP contribution in [0.15, 0.2) is 69.6 Å². The molecule has 0 heterocycles. The van der Waals surface area contributed by atoms with Gasteiger partial charge >= 0.3 is 0 Å². The molecule has 0 saturated heterocycles. The average Bonchev–Trinajstić information content (AvgIpc) is 2.75. The lowest BCUT2D eigenvalue weighted by Crippen LogP contribution is -2.26. The maximum Gasteiger partial charge on any atom is 0.271 e. The fraction of sp³-hybridized carbons (Fsp3) is 0.174. The van der Waals surface area contributed by atoms with Crippen LogP contribution in [0.5, 0.6) is 11.5 Å². The van der Waals surface area contributed by atoms with Gasteiger partial charge in [0.2, 0.25) is 5.91 Å². The van der Waals surface area contributed by atoms with Crippen molar-refractivity contribution < 1.29 is 19.9 Å². The van der Waals surface area contributed by atoms with Gasteiger partial charge in [-0.2, -0.15) is 0 Å². The van der Waals surface area contributed by atoms with Crippen molar-refractivity contribution in [3.63, 3.8) is 0 Å². The first-order chi connectivity index (χ1) is 15.1. The van der Waals surface area contributed by atoms with Crippen molar-refractivity contribution in [3.8, 4) is 11.5 Å². The summed E-state index contributed by atoms with van der Waals surface area (Å²) < 4.78 is 0.790. The summed E-state index contributed by atoms with van der Waals surface area (Å²) in [7, 11) is 0. The number of nitro groups is 1. The van der Waals surface area contributed by atoms with Crippen LogP contribution in [0, 0.1) is 10.1 Å². The number of nitrogens with zero attached hydrogens (tertiary/aromatic N) is 1. The molecule has 0 spiro atoms. The fourth-order valence-electron chi connectivity index (χ4n) is 3.46. The maximum absolute atomic E-state index is 12.8. The van der Waals surface area contributed by atoms with Crippen LogP contribution in [0.1, 0.15) is 30.9 Å². The normalized spacial score (nSPS) is 11.2. The number of carbonyl (C=O) groups is 1. The Kier molecular flexibility index (Phi) is 7.20. The molecule has 0 aliphatic heterocycles. The molecule has 0 atom stereocenters. The number of rotatable bonds is 7. The van der Waals surface area contributed by atoms with E-state index in [2.05, 4.69) is 37.2 Å². The predicted molar refractivity (Wildman–Crippen MR) is 129 cm³/mol. The van der Waals surface area contributed by atoms with Crippen molar-refractivity contribution in [1.82, 2.24) is 0 Å². The van der Waals surface area contributed by atoms with Crippen molar-refractivity contribution in [3.05, 3.63) is 90.9 Å². The summed E-state index contributed by atoms with van der Waals surface area (Å²) in [6.45, 7) is 2.00. The van der Waals surface area contributed by atoms with E-state index in [-0.39, 0.29) is 29.5 Å². The number of benzene rings is 3. The Hall–Kier alpha value is -2.91. The van der Waals surface area contributed by atoms with Gasteiger partial charge < -0.3 is 15.5 Å². The molecule has 0 saturated carbocycles. The number of amides is 1. The number of nitrogens with one attached hydrogen (secondary N) is 1. The second kappa shape index (κ2) is 9.70. The van der Waals surface area contributed by atoms with E-state index in [4.69, 9.17) is 0 Å². The highest BCUT2D eigenvalue weighted by Crippen LogP contribution is 2.39. The summed E-state index contributed by atoms with van der Waals surface area (Å²) in [5.41, 5.74) is 1.56. The number of phenols is 2. The second-order valence-electron chi connectivity index (χ2n) is 7.52. The Morgan fingerprint density at radius 2 is 1.41 bits per heavy atom. The SMILES string of the molecule is CC(CCC(=O)Nc1c(Br)cc([N+](=O)[O-])cc1Br)(c1ccc(O)cc1)c1ccc(O)cc1. The number of non-ortho nitro benzene ring substituents is 1. The molecule has 0 fully saturated rings. The van der Waals surface area contributed by atoms with Crippen molar-refractivity contribution in [2.24, 2.45) is 0 Å². The predicted octanol–water partition coefficient (Wildman–Crippen LogP) is 6.26. The number of anilines is 1. The van der Waals surface area contributed by atoms with Crippen LogP contribution in [0.4, 0.5) is 11.4 Å². The van der Waals surface area contributed by atoms with Crippen LogP contribution >= 0.6 is 31.9 Å². The van der Waals surface area contributed by atoms with Gasteiger partial charge in [0.15, 0.2) is 0 Å². The van der Waals surface area contributed by atoms with Crippen LogP contribution < -0.4 is 5.32 Å². The minimum atomic E-state index is -0.567. The summed E-state index contributed by atoms with van der Waals surface area (Å²) in [5, 5.41) is 33.1. The number of nitro benzene ring substituents is 1. The van der Waals surface area contributed by atoms with E-state index >= 15 is 0 Å². The van der Waals surface area contributed by atoms with Crippen LogP contribution in [0.3, 0.4) is 0 Å². The Morgan fingerprint density at radius 1 is 0.969 bits per heavy atom. The molecule has 9 heteroatoms. The van der Waals surface area contributed by atoms with Gasteiger partial charge in [0.1, 0.15) is 11.5 Å².